The second-order valence-corrected chi connectivity index (χ2v) is 7.24. The standard InChI is InChI=1S/C22H24ClN3O/c23-22-10-8-18-7-9-20(17-21(18)24-22)27-16-4-11-25-12-14-26(15-13-25)19-5-2-1-3-6-19/h1-3,5-10,17H,4,11-16H2. The SMILES string of the molecule is Clc1ccc2ccc(OCCCN3CCN(c4ccccc4)CC3)cc2n1. The monoisotopic (exact) mass is 381 g/mol. The molecule has 0 aliphatic carbocycles. The Morgan fingerprint density at radius 1 is 0.926 bits per heavy atom. The number of rotatable bonds is 6. The highest BCUT2D eigenvalue weighted by Gasteiger charge is 2.16. The maximum absolute atomic E-state index is 5.97. The molecule has 0 spiro atoms. The van der Waals surface area contributed by atoms with Crippen LogP contribution in [0, 0.1) is 0 Å². The Morgan fingerprint density at radius 2 is 1.70 bits per heavy atom. The molecule has 2 heterocycles. The fraction of sp³-hybridized carbons (Fsp3) is 0.318. The average molecular weight is 382 g/mol. The molecule has 3 aromatic rings. The summed E-state index contributed by atoms with van der Waals surface area (Å²) in [5.74, 6) is 0.853. The Balaban J connectivity index is 1.21. The van der Waals surface area contributed by atoms with Crippen LogP contribution >= 0.6 is 11.6 Å². The van der Waals surface area contributed by atoms with Gasteiger partial charge in [0.1, 0.15) is 10.9 Å². The minimum absolute atomic E-state index is 0.509. The molecular formula is C22H24ClN3O. The molecule has 27 heavy (non-hydrogen) atoms. The second-order valence-electron chi connectivity index (χ2n) is 6.85. The van der Waals surface area contributed by atoms with E-state index in [1.807, 2.05) is 30.3 Å². The first-order valence-corrected chi connectivity index (χ1v) is 9.87. The number of pyridine rings is 1. The highest BCUT2D eigenvalue weighted by atomic mass is 35.5. The summed E-state index contributed by atoms with van der Waals surface area (Å²) in [5, 5.41) is 1.58. The molecule has 1 fully saturated rings. The maximum atomic E-state index is 5.97. The minimum Gasteiger partial charge on any atom is -0.493 e. The van der Waals surface area contributed by atoms with Crippen molar-refractivity contribution in [3.8, 4) is 5.75 Å². The van der Waals surface area contributed by atoms with Crippen molar-refractivity contribution in [1.29, 1.82) is 0 Å². The van der Waals surface area contributed by atoms with Crippen molar-refractivity contribution >= 4 is 28.2 Å². The van der Waals surface area contributed by atoms with E-state index in [1.54, 1.807) is 0 Å². The maximum Gasteiger partial charge on any atom is 0.129 e. The largest absolute Gasteiger partial charge is 0.493 e. The van der Waals surface area contributed by atoms with Crippen LogP contribution in [0.25, 0.3) is 10.9 Å². The zero-order valence-corrected chi connectivity index (χ0v) is 16.1. The first kappa shape index (κ1) is 18.1. The van der Waals surface area contributed by atoms with Crippen LogP contribution in [0.1, 0.15) is 6.42 Å². The van der Waals surface area contributed by atoms with Crippen molar-refractivity contribution in [2.24, 2.45) is 0 Å². The molecule has 5 heteroatoms. The van der Waals surface area contributed by atoms with Gasteiger partial charge in [-0.2, -0.15) is 0 Å². The number of hydrogen-bond donors (Lipinski definition) is 0. The number of halogens is 1. The molecule has 0 unspecified atom stereocenters. The van der Waals surface area contributed by atoms with Crippen molar-refractivity contribution in [3.63, 3.8) is 0 Å². The molecule has 1 aliphatic rings. The predicted octanol–water partition coefficient (Wildman–Crippen LogP) is 4.48. The molecule has 0 bridgehead atoms. The third-order valence-corrected chi connectivity index (χ3v) is 5.22. The molecule has 0 radical (unpaired) electrons. The van der Waals surface area contributed by atoms with E-state index in [1.165, 1.54) is 5.69 Å². The third-order valence-electron chi connectivity index (χ3n) is 5.01. The van der Waals surface area contributed by atoms with Gasteiger partial charge in [-0.25, -0.2) is 4.98 Å². The quantitative estimate of drug-likeness (QED) is 0.465. The molecule has 2 aromatic carbocycles. The number of hydrogen-bond acceptors (Lipinski definition) is 4. The van der Waals surface area contributed by atoms with E-state index in [0.29, 0.717) is 11.8 Å². The smallest absolute Gasteiger partial charge is 0.129 e. The van der Waals surface area contributed by atoms with Crippen molar-refractivity contribution in [2.75, 3.05) is 44.2 Å². The van der Waals surface area contributed by atoms with Gasteiger partial charge in [-0.15, -0.1) is 0 Å². The summed E-state index contributed by atoms with van der Waals surface area (Å²) in [5.41, 5.74) is 2.20. The molecular weight excluding hydrogens is 358 g/mol. The Morgan fingerprint density at radius 3 is 2.52 bits per heavy atom. The van der Waals surface area contributed by atoms with Crippen LogP contribution < -0.4 is 9.64 Å². The first-order chi connectivity index (χ1) is 13.3. The van der Waals surface area contributed by atoms with Gasteiger partial charge in [0.15, 0.2) is 0 Å². The second kappa shape index (κ2) is 8.59. The number of fused-ring (bicyclic) bond motifs is 1. The topological polar surface area (TPSA) is 28.6 Å². The molecule has 1 aromatic heterocycles. The Bertz CT molecular complexity index is 879. The van der Waals surface area contributed by atoms with Gasteiger partial charge in [0.05, 0.1) is 12.1 Å². The van der Waals surface area contributed by atoms with Gasteiger partial charge in [-0.1, -0.05) is 29.8 Å². The van der Waals surface area contributed by atoms with Crippen molar-refractivity contribution in [1.82, 2.24) is 9.88 Å². The number of piperazine rings is 1. The summed E-state index contributed by atoms with van der Waals surface area (Å²) >= 11 is 5.97. The number of anilines is 1. The van der Waals surface area contributed by atoms with Crippen LogP contribution in [0.3, 0.4) is 0 Å². The molecule has 0 saturated carbocycles. The fourth-order valence-corrected chi connectivity index (χ4v) is 3.66. The zero-order valence-electron chi connectivity index (χ0n) is 15.4. The van der Waals surface area contributed by atoms with E-state index in [0.717, 1.165) is 55.8 Å². The number of aromatic nitrogens is 1. The molecule has 140 valence electrons. The minimum atomic E-state index is 0.509. The highest BCUT2D eigenvalue weighted by molar-refractivity contribution is 6.29. The lowest BCUT2D eigenvalue weighted by molar-refractivity contribution is 0.225. The van der Waals surface area contributed by atoms with Gasteiger partial charge in [0.2, 0.25) is 0 Å². The van der Waals surface area contributed by atoms with Crippen LogP contribution in [0.5, 0.6) is 5.75 Å². The van der Waals surface area contributed by atoms with Gasteiger partial charge >= 0.3 is 0 Å². The van der Waals surface area contributed by atoms with Crippen molar-refractivity contribution in [3.05, 3.63) is 65.8 Å². The third kappa shape index (κ3) is 4.71. The lowest BCUT2D eigenvalue weighted by Crippen LogP contribution is -2.46. The van der Waals surface area contributed by atoms with E-state index < -0.39 is 0 Å². The lowest BCUT2D eigenvalue weighted by atomic mass is 10.2. The Hall–Kier alpha value is -2.30. The van der Waals surface area contributed by atoms with E-state index in [9.17, 15) is 0 Å². The summed E-state index contributed by atoms with van der Waals surface area (Å²) in [6.07, 6.45) is 1.02. The summed E-state index contributed by atoms with van der Waals surface area (Å²) in [7, 11) is 0. The van der Waals surface area contributed by atoms with E-state index >= 15 is 0 Å². The summed E-state index contributed by atoms with van der Waals surface area (Å²) < 4.78 is 5.92. The van der Waals surface area contributed by atoms with Crippen LogP contribution in [0.4, 0.5) is 5.69 Å². The van der Waals surface area contributed by atoms with Crippen molar-refractivity contribution < 1.29 is 4.74 Å². The van der Waals surface area contributed by atoms with Gasteiger partial charge in [0, 0.05) is 49.9 Å². The molecule has 0 N–H and O–H groups in total. The zero-order chi connectivity index (χ0) is 18.5. The van der Waals surface area contributed by atoms with E-state index in [-0.39, 0.29) is 0 Å². The fourth-order valence-electron chi connectivity index (χ4n) is 3.51. The highest BCUT2D eigenvalue weighted by Crippen LogP contribution is 2.21. The first-order valence-electron chi connectivity index (χ1n) is 9.49. The van der Waals surface area contributed by atoms with Crippen molar-refractivity contribution in [2.45, 2.75) is 6.42 Å². The molecule has 1 saturated heterocycles. The number of ether oxygens (including phenoxy) is 1. The normalized spacial score (nSPS) is 15.2. The van der Waals surface area contributed by atoms with Gasteiger partial charge in [0.25, 0.3) is 0 Å². The van der Waals surface area contributed by atoms with Gasteiger partial charge in [-0.05, 0) is 42.8 Å². The Labute approximate surface area is 165 Å². The molecule has 4 rings (SSSR count). The lowest BCUT2D eigenvalue weighted by Gasteiger charge is -2.36. The number of para-hydroxylation sites is 1. The summed E-state index contributed by atoms with van der Waals surface area (Å²) in [6, 6.07) is 20.4. The molecule has 0 amide bonds. The van der Waals surface area contributed by atoms with Gasteiger partial charge < -0.3 is 9.64 Å². The summed E-state index contributed by atoms with van der Waals surface area (Å²) in [4.78, 5) is 9.32. The molecule has 1 aliphatic heterocycles. The predicted molar refractivity (Wildman–Crippen MR) is 112 cm³/mol. The van der Waals surface area contributed by atoms with Crippen LogP contribution in [0.2, 0.25) is 5.15 Å². The van der Waals surface area contributed by atoms with Crippen LogP contribution in [-0.4, -0.2) is 49.2 Å². The van der Waals surface area contributed by atoms with Gasteiger partial charge in [-0.3, -0.25) is 4.90 Å². The van der Waals surface area contributed by atoms with E-state index in [4.69, 9.17) is 16.3 Å². The number of nitrogens with zero attached hydrogens (tertiary/aromatic N) is 3. The molecule has 0 atom stereocenters. The number of benzene rings is 2. The Kier molecular flexibility index (Phi) is 5.75. The summed E-state index contributed by atoms with van der Waals surface area (Å²) in [6.45, 7) is 6.16. The van der Waals surface area contributed by atoms with Crippen LogP contribution in [-0.2, 0) is 0 Å². The molecule has 4 nitrogen and oxygen atoms in total. The average Bonchev–Trinajstić information content (AvgIpc) is 2.72. The van der Waals surface area contributed by atoms with Crippen LogP contribution in [0.15, 0.2) is 60.7 Å². The van der Waals surface area contributed by atoms with E-state index in [2.05, 4.69) is 45.1 Å².